The number of hydrogen-bond acceptors (Lipinski definition) is 7. The quantitative estimate of drug-likeness (QED) is 0.418. The van der Waals surface area contributed by atoms with Gasteiger partial charge in [-0.2, -0.15) is 5.10 Å². The number of para-hydroxylation sites is 1. The van der Waals surface area contributed by atoms with E-state index in [9.17, 15) is 4.79 Å². The first-order chi connectivity index (χ1) is 16.4. The zero-order valence-electron chi connectivity index (χ0n) is 19.9. The molecule has 3 aromatic heterocycles. The highest BCUT2D eigenvalue weighted by atomic mass is 32.1. The summed E-state index contributed by atoms with van der Waals surface area (Å²) in [5.74, 6) is 2.67. The Morgan fingerprint density at radius 3 is 2.68 bits per heavy atom. The lowest BCUT2D eigenvalue weighted by atomic mass is 9.95. The maximum absolute atomic E-state index is 13.2. The lowest BCUT2D eigenvalue weighted by Gasteiger charge is -2.32. The summed E-state index contributed by atoms with van der Waals surface area (Å²) in [6, 6.07) is 7.71. The molecule has 2 N–H and O–H groups in total. The fourth-order valence-electron chi connectivity index (χ4n) is 4.43. The Morgan fingerprint density at radius 1 is 1.18 bits per heavy atom. The van der Waals surface area contributed by atoms with Crippen LogP contribution in [0.3, 0.4) is 0 Å². The van der Waals surface area contributed by atoms with E-state index >= 15 is 0 Å². The first kappa shape index (κ1) is 22.5. The second kappa shape index (κ2) is 9.13. The van der Waals surface area contributed by atoms with Gasteiger partial charge in [-0.15, -0.1) is 11.3 Å². The minimum absolute atomic E-state index is 0.0436. The van der Waals surface area contributed by atoms with E-state index in [1.54, 1.807) is 17.7 Å². The van der Waals surface area contributed by atoms with Crippen LogP contribution in [0.15, 0.2) is 30.6 Å². The third kappa shape index (κ3) is 4.16. The molecule has 1 aliphatic rings. The number of carbonyl (C=O) groups is 1. The number of aromatic amines is 1. The maximum Gasteiger partial charge on any atom is 0.227 e. The monoisotopic (exact) mass is 475 g/mol. The highest BCUT2D eigenvalue weighted by Crippen LogP contribution is 2.36. The van der Waals surface area contributed by atoms with E-state index in [0.717, 1.165) is 59.0 Å². The molecule has 1 fully saturated rings. The van der Waals surface area contributed by atoms with Gasteiger partial charge in [0.1, 0.15) is 22.8 Å². The van der Waals surface area contributed by atoms with Crippen molar-refractivity contribution in [3.8, 4) is 11.4 Å². The molecule has 34 heavy (non-hydrogen) atoms. The van der Waals surface area contributed by atoms with E-state index in [1.807, 2.05) is 24.3 Å². The standard InChI is InChI=1S/C25H29N7OS/c1-14(2)21-29-22(31-30-21)18-7-5-6-8-19(18)28-24(33)17-9-11-32(12-10-17)23-20-15(3)16(4)34-25(20)27-13-26-23/h5-8,13-14,17H,9-12H2,1-4H3,(H,28,33)(H,29,30,31). The molecular weight excluding hydrogens is 446 g/mol. The summed E-state index contributed by atoms with van der Waals surface area (Å²) in [5.41, 5.74) is 2.81. The van der Waals surface area contributed by atoms with Crippen LogP contribution in [0.1, 0.15) is 48.9 Å². The Labute approximate surface area is 202 Å². The number of nitrogens with zero attached hydrogens (tertiary/aromatic N) is 5. The van der Waals surface area contributed by atoms with Crippen molar-refractivity contribution in [2.75, 3.05) is 23.3 Å². The summed E-state index contributed by atoms with van der Waals surface area (Å²) in [6.45, 7) is 9.98. The van der Waals surface area contributed by atoms with E-state index in [2.05, 4.69) is 63.1 Å². The van der Waals surface area contributed by atoms with Crippen molar-refractivity contribution in [2.24, 2.45) is 5.92 Å². The normalized spacial score (nSPS) is 14.8. The molecule has 9 heteroatoms. The van der Waals surface area contributed by atoms with Gasteiger partial charge < -0.3 is 10.2 Å². The van der Waals surface area contributed by atoms with Gasteiger partial charge in [0.05, 0.1) is 11.1 Å². The first-order valence-corrected chi connectivity index (χ1v) is 12.5. The number of thiophene rings is 1. The van der Waals surface area contributed by atoms with Gasteiger partial charge >= 0.3 is 0 Å². The van der Waals surface area contributed by atoms with Gasteiger partial charge in [-0.05, 0) is 44.4 Å². The maximum atomic E-state index is 13.2. The molecule has 176 valence electrons. The van der Waals surface area contributed by atoms with Gasteiger partial charge in [-0.3, -0.25) is 9.89 Å². The summed E-state index contributed by atoms with van der Waals surface area (Å²) < 4.78 is 0. The number of piperidine rings is 1. The molecule has 0 unspecified atom stereocenters. The van der Waals surface area contributed by atoms with Gasteiger partial charge in [0.25, 0.3) is 0 Å². The Kier molecular flexibility index (Phi) is 6.03. The molecule has 1 aromatic carbocycles. The zero-order valence-corrected chi connectivity index (χ0v) is 20.7. The molecule has 1 saturated heterocycles. The average Bonchev–Trinajstić information content (AvgIpc) is 3.45. The van der Waals surface area contributed by atoms with Crippen LogP contribution in [0.25, 0.3) is 21.6 Å². The number of benzene rings is 1. The van der Waals surface area contributed by atoms with Gasteiger partial charge in [-0.1, -0.05) is 26.0 Å². The molecule has 0 radical (unpaired) electrons. The van der Waals surface area contributed by atoms with Crippen LogP contribution in [-0.2, 0) is 4.79 Å². The van der Waals surface area contributed by atoms with Crippen LogP contribution in [0.2, 0.25) is 0 Å². The van der Waals surface area contributed by atoms with Gasteiger partial charge in [0, 0.05) is 35.4 Å². The third-order valence-corrected chi connectivity index (χ3v) is 7.70. The average molecular weight is 476 g/mol. The molecule has 0 bridgehead atoms. The minimum Gasteiger partial charge on any atom is -0.356 e. The fourth-order valence-corrected chi connectivity index (χ4v) is 5.42. The summed E-state index contributed by atoms with van der Waals surface area (Å²) in [4.78, 5) is 31.4. The van der Waals surface area contributed by atoms with E-state index < -0.39 is 0 Å². The number of anilines is 2. The van der Waals surface area contributed by atoms with E-state index in [-0.39, 0.29) is 17.7 Å². The van der Waals surface area contributed by atoms with Crippen molar-refractivity contribution in [3.63, 3.8) is 0 Å². The number of fused-ring (bicyclic) bond motifs is 1. The second-order valence-corrected chi connectivity index (χ2v) is 10.4. The number of rotatable bonds is 5. The van der Waals surface area contributed by atoms with E-state index in [1.165, 1.54) is 10.4 Å². The Hall–Kier alpha value is -3.33. The van der Waals surface area contributed by atoms with Crippen LogP contribution in [0, 0.1) is 19.8 Å². The topological polar surface area (TPSA) is 99.7 Å². The van der Waals surface area contributed by atoms with Crippen molar-refractivity contribution in [1.29, 1.82) is 0 Å². The van der Waals surface area contributed by atoms with Crippen molar-refractivity contribution in [3.05, 3.63) is 46.9 Å². The Balaban J connectivity index is 1.29. The highest BCUT2D eigenvalue weighted by Gasteiger charge is 2.28. The fraction of sp³-hybridized carbons (Fsp3) is 0.400. The largest absolute Gasteiger partial charge is 0.356 e. The summed E-state index contributed by atoms with van der Waals surface area (Å²) >= 11 is 1.71. The molecule has 5 rings (SSSR count). The summed E-state index contributed by atoms with van der Waals surface area (Å²) in [6.07, 6.45) is 3.20. The molecular formula is C25H29N7OS. The highest BCUT2D eigenvalue weighted by molar-refractivity contribution is 7.18. The number of amides is 1. The molecule has 8 nitrogen and oxygen atoms in total. The number of hydrogen-bond donors (Lipinski definition) is 2. The molecule has 4 aromatic rings. The first-order valence-electron chi connectivity index (χ1n) is 11.7. The number of nitrogens with one attached hydrogen (secondary N) is 2. The number of H-pyrrole nitrogens is 1. The second-order valence-electron chi connectivity index (χ2n) is 9.16. The Bertz CT molecular complexity index is 1330. The van der Waals surface area contributed by atoms with Crippen LogP contribution >= 0.6 is 11.3 Å². The zero-order chi connectivity index (χ0) is 23.8. The number of aryl methyl sites for hydroxylation is 2. The van der Waals surface area contributed by atoms with Crippen LogP contribution in [0.4, 0.5) is 11.5 Å². The molecule has 1 aliphatic heterocycles. The van der Waals surface area contributed by atoms with Gasteiger partial charge in [-0.25, -0.2) is 15.0 Å². The van der Waals surface area contributed by atoms with Gasteiger partial charge in [0.15, 0.2) is 5.82 Å². The van der Waals surface area contributed by atoms with Crippen molar-refractivity contribution in [1.82, 2.24) is 25.1 Å². The summed E-state index contributed by atoms with van der Waals surface area (Å²) in [5, 5.41) is 11.6. The molecule has 0 atom stereocenters. The molecule has 1 amide bonds. The Morgan fingerprint density at radius 2 is 1.94 bits per heavy atom. The predicted molar refractivity (Wildman–Crippen MR) is 136 cm³/mol. The molecule has 0 spiro atoms. The number of aromatic nitrogens is 5. The van der Waals surface area contributed by atoms with Crippen molar-refractivity contribution in [2.45, 2.75) is 46.5 Å². The smallest absolute Gasteiger partial charge is 0.227 e. The van der Waals surface area contributed by atoms with Crippen LogP contribution in [-0.4, -0.2) is 44.1 Å². The van der Waals surface area contributed by atoms with E-state index in [0.29, 0.717) is 5.82 Å². The molecule has 4 heterocycles. The lowest BCUT2D eigenvalue weighted by molar-refractivity contribution is -0.120. The van der Waals surface area contributed by atoms with Crippen LogP contribution < -0.4 is 10.2 Å². The van der Waals surface area contributed by atoms with Crippen molar-refractivity contribution >= 4 is 39.0 Å². The van der Waals surface area contributed by atoms with Crippen molar-refractivity contribution < 1.29 is 4.79 Å². The molecule has 0 saturated carbocycles. The minimum atomic E-state index is -0.0506. The predicted octanol–water partition coefficient (Wildman–Crippen LogP) is 5.07. The molecule has 0 aliphatic carbocycles. The number of carbonyl (C=O) groups excluding carboxylic acids is 1. The lowest BCUT2D eigenvalue weighted by Crippen LogP contribution is -2.38. The SMILES string of the molecule is Cc1sc2ncnc(N3CCC(C(=O)Nc4ccccc4-c4n[nH]c(C(C)C)n4)CC3)c2c1C. The van der Waals surface area contributed by atoms with Crippen LogP contribution in [0.5, 0.6) is 0 Å². The van der Waals surface area contributed by atoms with Gasteiger partial charge in [0.2, 0.25) is 5.91 Å². The third-order valence-electron chi connectivity index (χ3n) is 6.59. The summed E-state index contributed by atoms with van der Waals surface area (Å²) in [7, 11) is 0. The van der Waals surface area contributed by atoms with E-state index in [4.69, 9.17) is 0 Å².